The quantitative estimate of drug-likeness (QED) is 0.603. The highest BCUT2D eigenvalue weighted by Gasteiger charge is 2.22. The highest BCUT2D eigenvalue weighted by Crippen LogP contribution is 2.32. The average Bonchev–Trinajstić information content (AvgIpc) is 2.86. The predicted molar refractivity (Wildman–Crippen MR) is 63.5 cm³/mol. The first-order valence-electron chi connectivity index (χ1n) is 6.33. The molecule has 84 valence electrons. The molecule has 1 saturated carbocycles. The van der Waals surface area contributed by atoms with Gasteiger partial charge in [-0.3, -0.25) is 0 Å². The number of hydrogen-bond donors (Lipinski definition) is 0. The van der Waals surface area contributed by atoms with E-state index in [9.17, 15) is 0 Å². The van der Waals surface area contributed by atoms with Crippen LogP contribution in [0.3, 0.4) is 0 Å². The van der Waals surface area contributed by atoms with Gasteiger partial charge in [0, 0.05) is 6.04 Å². The molecule has 0 heterocycles. The lowest BCUT2D eigenvalue weighted by Crippen LogP contribution is -2.33. The summed E-state index contributed by atoms with van der Waals surface area (Å²) in [5.41, 5.74) is 0. The van der Waals surface area contributed by atoms with Crippen LogP contribution in [0.4, 0.5) is 0 Å². The van der Waals surface area contributed by atoms with Crippen LogP contribution in [0.1, 0.15) is 53.4 Å². The van der Waals surface area contributed by atoms with Crippen LogP contribution >= 0.6 is 0 Å². The van der Waals surface area contributed by atoms with E-state index >= 15 is 0 Å². The zero-order valence-electron chi connectivity index (χ0n) is 10.4. The molecule has 0 atom stereocenters. The second-order valence-electron chi connectivity index (χ2n) is 5.54. The summed E-state index contributed by atoms with van der Waals surface area (Å²) in [6, 6.07) is 0.729. The Morgan fingerprint density at radius 3 is 2.14 bits per heavy atom. The summed E-state index contributed by atoms with van der Waals surface area (Å²) in [4.78, 5) is 2.65. The standard InChI is InChI=1S/C13H27N/c1-11(2)7-9-14(12(3)4)10-8-13-5-6-13/h11-13H,5-10H2,1-4H3. The Kier molecular flexibility index (Phi) is 4.94. The van der Waals surface area contributed by atoms with Gasteiger partial charge in [0.1, 0.15) is 0 Å². The van der Waals surface area contributed by atoms with Crippen LogP contribution < -0.4 is 0 Å². The molecule has 0 radical (unpaired) electrons. The molecule has 1 heteroatoms. The highest BCUT2D eigenvalue weighted by atomic mass is 15.1. The molecule has 1 rings (SSSR count). The Hall–Kier alpha value is -0.0400. The van der Waals surface area contributed by atoms with E-state index in [-0.39, 0.29) is 0 Å². The van der Waals surface area contributed by atoms with Crippen molar-refractivity contribution in [1.29, 1.82) is 0 Å². The molecular weight excluding hydrogens is 170 g/mol. The lowest BCUT2D eigenvalue weighted by atomic mass is 10.1. The molecule has 0 unspecified atom stereocenters. The van der Waals surface area contributed by atoms with E-state index in [2.05, 4.69) is 32.6 Å². The molecular formula is C13H27N. The first kappa shape index (κ1) is 12.0. The summed E-state index contributed by atoms with van der Waals surface area (Å²) in [7, 11) is 0. The molecule has 0 aromatic carbocycles. The molecule has 0 N–H and O–H groups in total. The van der Waals surface area contributed by atoms with Crippen LogP contribution in [0.5, 0.6) is 0 Å². The second kappa shape index (κ2) is 5.75. The Labute approximate surface area is 89.9 Å². The number of rotatable bonds is 7. The maximum Gasteiger partial charge on any atom is 0.00385 e. The van der Waals surface area contributed by atoms with Gasteiger partial charge in [-0.1, -0.05) is 26.7 Å². The Bertz CT molecular complexity index is 141. The summed E-state index contributed by atoms with van der Waals surface area (Å²) >= 11 is 0. The van der Waals surface area contributed by atoms with Crippen molar-refractivity contribution in [3.8, 4) is 0 Å². The van der Waals surface area contributed by atoms with E-state index in [1.165, 1.54) is 38.8 Å². The van der Waals surface area contributed by atoms with Gasteiger partial charge in [-0.05, 0) is 51.6 Å². The van der Waals surface area contributed by atoms with Gasteiger partial charge in [-0.25, -0.2) is 0 Å². The zero-order chi connectivity index (χ0) is 10.6. The van der Waals surface area contributed by atoms with E-state index in [1.54, 1.807) is 0 Å². The van der Waals surface area contributed by atoms with Crippen molar-refractivity contribution < 1.29 is 0 Å². The smallest absolute Gasteiger partial charge is 0.00385 e. The van der Waals surface area contributed by atoms with Crippen LogP contribution in [-0.4, -0.2) is 24.0 Å². The summed E-state index contributed by atoms with van der Waals surface area (Å²) in [5, 5.41) is 0. The van der Waals surface area contributed by atoms with Crippen LogP contribution in [0.15, 0.2) is 0 Å². The number of hydrogen-bond acceptors (Lipinski definition) is 1. The van der Waals surface area contributed by atoms with Crippen molar-refractivity contribution in [2.45, 2.75) is 59.4 Å². The Balaban J connectivity index is 2.15. The third kappa shape index (κ3) is 4.99. The SMILES string of the molecule is CC(C)CCN(CCC1CC1)C(C)C. The van der Waals surface area contributed by atoms with Crippen molar-refractivity contribution in [2.24, 2.45) is 11.8 Å². The Morgan fingerprint density at radius 2 is 1.71 bits per heavy atom. The van der Waals surface area contributed by atoms with Gasteiger partial charge in [0.05, 0.1) is 0 Å². The monoisotopic (exact) mass is 197 g/mol. The summed E-state index contributed by atoms with van der Waals surface area (Å²) in [5.74, 6) is 1.92. The summed E-state index contributed by atoms with van der Waals surface area (Å²) in [6.07, 6.45) is 5.78. The van der Waals surface area contributed by atoms with Crippen LogP contribution in [0, 0.1) is 11.8 Å². The third-order valence-electron chi connectivity index (χ3n) is 3.25. The zero-order valence-corrected chi connectivity index (χ0v) is 10.4. The molecule has 0 spiro atoms. The summed E-state index contributed by atoms with van der Waals surface area (Å²) < 4.78 is 0. The number of nitrogens with zero attached hydrogens (tertiary/aromatic N) is 1. The predicted octanol–water partition coefficient (Wildman–Crippen LogP) is 3.54. The molecule has 14 heavy (non-hydrogen) atoms. The van der Waals surface area contributed by atoms with Crippen molar-refractivity contribution in [2.75, 3.05) is 13.1 Å². The van der Waals surface area contributed by atoms with Crippen LogP contribution in [-0.2, 0) is 0 Å². The second-order valence-corrected chi connectivity index (χ2v) is 5.54. The fourth-order valence-electron chi connectivity index (χ4n) is 1.81. The van der Waals surface area contributed by atoms with Gasteiger partial charge in [-0.2, -0.15) is 0 Å². The van der Waals surface area contributed by atoms with Gasteiger partial charge in [0.2, 0.25) is 0 Å². The largest absolute Gasteiger partial charge is 0.301 e. The lowest BCUT2D eigenvalue weighted by Gasteiger charge is -2.27. The van der Waals surface area contributed by atoms with Gasteiger partial charge in [0.25, 0.3) is 0 Å². The molecule has 1 aliphatic carbocycles. The van der Waals surface area contributed by atoms with Crippen LogP contribution in [0.2, 0.25) is 0 Å². The lowest BCUT2D eigenvalue weighted by molar-refractivity contribution is 0.204. The van der Waals surface area contributed by atoms with Crippen molar-refractivity contribution in [3.05, 3.63) is 0 Å². The van der Waals surface area contributed by atoms with E-state index < -0.39 is 0 Å². The van der Waals surface area contributed by atoms with Crippen molar-refractivity contribution in [3.63, 3.8) is 0 Å². The first-order valence-corrected chi connectivity index (χ1v) is 6.33. The van der Waals surface area contributed by atoms with Crippen molar-refractivity contribution in [1.82, 2.24) is 4.90 Å². The molecule has 0 aromatic heterocycles. The van der Waals surface area contributed by atoms with Crippen LogP contribution in [0.25, 0.3) is 0 Å². The maximum absolute atomic E-state index is 2.65. The minimum absolute atomic E-state index is 0.729. The maximum atomic E-state index is 2.65. The molecule has 1 nitrogen and oxygen atoms in total. The van der Waals surface area contributed by atoms with E-state index in [1.807, 2.05) is 0 Å². The topological polar surface area (TPSA) is 3.24 Å². The minimum Gasteiger partial charge on any atom is -0.301 e. The van der Waals surface area contributed by atoms with Gasteiger partial charge >= 0.3 is 0 Å². The van der Waals surface area contributed by atoms with Gasteiger partial charge in [0.15, 0.2) is 0 Å². The fourth-order valence-corrected chi connectivity index (χ4v) is 1.81. The highest BCUT2D eigenvalue weighted by molar-refractivity contribution is 4.75. The van der Waals surface area contributed by atoms with Crippen molar-refractivity contribution >= 4 is 0 Å². The molecule has 1 aliphatic rings. The molecule has 0 saturated heterocycles. The minimum atomic E-state index is 0.729. The van der Waals surface area contributed by atoms with E-state index in [4.69, 9.17) is 0 Å². The molecule has 0 bridgehead atoms. The molecule has 0 aliphatic heterocycles. The molecule has 0 amide bonds. The Morgan fingerprint density at radius 1 is 1.07 bits per heavy atom. The van der Waals surface area contributed by atoms with E-state index in [0.717, 1.165) is 17.9 Å². The first-order chi connectivity index (χ1) is 6.59. The average molecular weight is 197 g/mol. The van der Waals surface area contributed by atoms with E-state index in [0.29, 0.717) is 0 Å². The van der Waals surface area contributed by atoms with Gasteiger partial charge in [-0.15, -0.1) is 0 Å². The summed E-state index contributed by atoms with van der Waals surface area (Å²) in [6.45, 7) is 11.9. The fraction of sp³-hybridized carbons (Fsp3) is 1.00. The third-order valence-corrected chi connectivity index (χ3v) is 3.25. The molecule has 1 fully saturated rings. The normalized spacial score (nSPS) is 17.4. The van der Waals surface area contributed by atoms with Gasteiger partial charge < -0.3 is 4.90 Å². The molecule has 0 aromatic rings.